The van der Waals surface area contributed by atoms with Crippen LogP contribution in [0.1, 0.15) is 12.5 Å². The van der Waals surface area contributed by atoms with Crippen molar-refractivity contribution < 1.29 is 23.4 Å². The molecule has 1 aromatic rings. The minimum Gasteiger partial charge on any atom is -0.480 e. The number of rotatable bonds is 7. The Morgan fingerprint density at radius 1 is 1.35 bits per heavy atom. The number of hydrogen-bond donors (Lipinski definition) is 3. The Hall–Kier alpha value is -1.48. The summed E-state index contributed by atoms with van der Waals surface area (Å²) in [5, 5.41) is 18.2. The van der Waals surface area contributed by atoms with E-state index in [2.05, 4.69) is 0 Å². The fraction of sp³-hybridized carbons (Fsp3) is 0.417. The molecule has 7 nitrogen and oxygen atoms in total. The second-order valence-corrected chi connectivity index (χ2v) is 6.23. The number of nitrogens with one attached hydrogen (secondary N) is 1. The molecule has 20 heavy (non-hydrogen) atoms. The third-order valence-corrected chi connectivity index (χ3v) is 4.18. The molecule has 1 aromatic carbocycles. The minimum absolute atomic E-state index is 0.0995. The number of nitrogens with zero attached hydrogens (tertiary/aromatic N) is 1. The van der Waals surface area contributed by atoms with Gasteiger partial charge >= 0.3 is 5.97 Å². The van der Waals surface area contributed by atoms with E-state index in [9.17, 15) is 18.3 Å². The standard InChI is InChI=1S/C12H18N2O5S/c1-9(15)11(12(16)17)13-20(18,19)14(2)8-10-6-4-3-5-7-10/h3-7,9,11,13,15H,8H2,1-2H3,(H,16,17)/t9-,11+/m1/s1. The third kappa shape index (κ3) is 4.57. The van der Waals surface area contributed by atoms with Crippen molar-refractivity contribution in [3.05, 3.63) is 35.9 Å². The monoisotopic (exact) mass is 302 g/mol. The summed E-state index contributed by atoms with van der Waals surface area (Å²) in [6.07, 6.45) is -1.34. The van der Waals surface area contributed by atoms with Crippen molar-refractivity contribution in [3.63, 3.8) is 0 Å². The lowest BCUT2D eigenvalue weighted by Gasteiger charge is -2.22. The molecule has 0 bridgehead atoms. The summed E-state index contributed by atoms with van der Waals surface area (Å²) >= 11 is 0. The van der Waals surface area contributed by atoms with E-state index in [1.165, 1.54) is 14.0 Å². The van der Waals surface area contributed by atoms with Crippen molar-refractivity contribution in [2.45, 2.75) is 25.6 Å². The highest BCUT2D eigenvalue weighted by atomic mass is 32.2. The van der Waals surface area contributed by atoms with Crippen molar-refractivity contribution in [2.24, 2.45) is 0 Å². The van der Waals surface area contributed by atoms with Gasteiger partial charge in [0.2, 0.25) is 0 Å². The van der Waals surface area contributed by atoms with E-state index < -0.39 is 28.3 Å². The normalized spacial score (nSPS) is 15.0. The number of aliphatic hydroxyl groups excluding tert-OH is 1. The maximum atomic E-state index is 12.0. The van der Waals surface area contributed by atoms with Crippen LogP contribution >= 0.6 is 0 Å². The Kier molecular flexibility index (Phi) is 5.63. The highest BCUT2D eigenvalue weighted by Crippen LogP contribution is 2.07. The molecule has 0 aliphatic heterocycles. The fourth-order valence-corrected chi connectivity index (χ4v) is 2.65. The summed E-state index contributed by atoms with van der Waals surface area (Å²) < 4.78 is 26.9. The van der Waals surface area contributed by atoms with Gasteiger partial charge in [-0.3, -0.25) is 4.79 Å². The van der Waals surface area contributed by atoms with Crippen LogP contribution in [0.5, 0.6) is 0 Å². The molecule has 0 aliphatic carbocycles. The molecular weight excluding hydrogens is 284 g/mol. The lowest BCUT2D eigenvalue weighted by Crippen LogP contribution is -2.51. The molecule has 0 saturated heterocycles. The molecule has 8 heteroatoms. The number of hydrogen-bond acceptors (Lipinski definition) is 4. The molecule has 0 radical (unpaired) electrons. The molecule has 1 rings (SSSR count). The molecular formula is C12H18N2O5S. The smallest absolute Gasteiger partial charge is 0.324 e. The zero-order valence-corrected chi connectivity index (χ0v) is 12.0. The van der Waals surface area contributed by atoms with Gasteiger partial charge in [-0.15, -0.1) is 0 Å². The molecule has 2 atom stereocenters. The van der Waals surface area contributed by atoms with Crippen LogP contribution < -0.4 is 4.72 Å². The van der Waals surface area contributed by atoms with Crippen LogP contribution in [0.2, 0.25) is 0 Å². The SMILES string of the molecule is C[C@@H](O)[C@H](NS(=O)(=O)N(C)Cc1ccccc1)C(=O)O. The second-order valence-electron chi connectivity index (χ2n) is 4.42. The van der Waals surface area contributed by atoms with Crippen LogP contribution in [0.4, 0.5) is 0 Å². The van der Waals surface area contributed by atoms with E-state index in [-0.39, 0.29) is 6.54 Å². The summed E-state index contributed by atoms with van der Waals surface area (Å²) in [6.45, 7) is 1.31. The van der Waals surface area contributed by atoms with Crippen LogP contribution in [0.15, 0.2) is 30.3 Å². The summed E-state index contributed by atoms with van der Waals surface area (Å²) in [5.41, 5.74) is 0.768. The number of aliphatic carboxylic acids is 1. The fourth-order valence-electron chi connectivity index (χ4n) is 1.53. The van der Waals surface area contributed by atoms with E-state index >= 15 is 0 Å². The first-order chi connectivity index (χ1) is 9.24. The number of carboxylic acid groups (broad SMARTS) is 1. The van der Waals surface area contributed by atoms with Gasteiger partial charge in [-0.05, 0) is 12.5 Å². The zero-order chi connectivity index (χ0) is 15.3. The van der Waals surface area contributed by atoms with Crippen LogP contribution in [-0.4, -0.2) is 48.1 Å². The van der Waals surface area contributed by atoms with Gasteiger partial charge in [-0.1, -0.05) is 30.3 Å². The Balaban J connectivity index is 2.80. The van der Waals surface area contributed by atoms with Gasteiger partial charge in [0.15, 0.2) is 0 Å². The minimum atomic E-state index is -4.01. The Morgan fingerprint density at radius 2 is 1.90 bits per heavy atom. The zero-order valence-electron chi connectivity index (χ0n) is 11.2. The first kappa shape index (κ1) is 16.6. The molecule has 112 valence electrons. The predicted molar refractivity (Wildman–Crippen MR) is 73.1 cm³/mol. The molecule has 0 amide bonds. The molecule has 0 fully saturated rings. The van der Waals surface area contributed by atoms with Crippen LogP contribution in [0, 0.1) is 0 Å². The van der Waals surface area contributed by atoms with E-state index in [0.717, 1.165) is 9.87 Å². The first-order valence-corrected chi connectivity index (χ1v) is 7.36. The Labute approximate surface area is 118 Å². The highest BCUT2D eigenvalue weighted by molar-refractivity contribution is 7.87. The number of carboxylic acids is 1. The molecule has 0 unspecified atom stereocenters. The van der Waals surface area contributed by atoms with Crippen LogP contribution in [-0.2, 0) is 21.5 Å². The predicted octanol–water partition coefficient (Wildman–Crippen LogP) is -0.213. The Bertz CT molecular complexity index is 544. The molecule has 0 aromatic heterocycles. The summed E-state index contributed by atoms with van der Waals surface area (Å²) in [5.74, 6) is -1.43. The van der Waals surface area contributed by atoms with Gasteiger partial charge in [0.25, 0.3) is 10.2 Å². The van der Waals surface area contributed by atoms with Crippen molar-refractivity contribution in [3.8, 4) is 0 Å². The second kappa shape index (κ2) is 6.80. The van der Waals surface area contributed by atoms with Crippen molar-refractivity contribution >= 4 is 16.2 Å². The molecule has 0 aliphatic rings. The van der Waals surface area contributed by atoms with Crippen molar-refractivity contribution in [2.75, 3.05) is 7.05 Å². The molecule has 0 spiro atoms. The van der Waals surface area contributed by atoms with E-state index in [4.69, 9.17) is 5.11 Å². The van der Waals surface area contributed by atoms with E-state index in [1.807, 2.05) is 10.8 Å². The van der Waals surface area contributed by atoms with E-state index in [0.29, 0.717) is 0 Å². The highest BCUT2D eigenvalue weighted by Gasteiger charge is 2.30. The topological polar surface area (TPSA) is 107 Å². The summed E-state index contributed by atoms with van der Waals surface area (Å²) in [6, 6.07) is 7.30. The maximum absolute atomic E-state index is 12.0. The molecule has 0 saturated carbocycles. The summed E-state index contributed by atoms with van der Waals surface area (Å²) in [4.78, 5) is 10.9. The average molecular weight is 302 g/mol. The van der Waals surface area contributed by atoms with Crippen molar-refractivity contribution in [1.29, 1.82) is 0 Å². The maximum Gasteiger partial charge on any atom is 0.324 e. The van der Waals surface area contributed by atoms with Gasteiger partial charge in [0.1, 0.15) is 6.04 Å². The van der Waals surface area contributed by atoms with Gasteiger partial charge in [0.05, 0.1) is 6.10 Å². The van der Waals surface area contributed by atoms with Gasteiger partial charge < -0.3 is 10.2 Å². The molecule has 0 heterocycles. The van der Waals surface area contributed by atoms with Crippen molar-refractivity contribution in [1.82, 2.24) is 9.03 Å². The first-order valence-electron chi connectivity index (χ1n) is 5.92. The van der Waals surface area contributed by atoms with E-state index in [1.54, 1.807) is 24.3 Å². The van der Waals surface area contributed by atoms with Gasteiger partial charge in [-0.2, -0.15) is 17.4 Å². The quantitative estimate of drug-likeness (QED) is 0.646. The number of aliphatic hydroxyl groups is 1. The number of benzene rings is 1. The van der Waals surface area contributed by atoms with Crippen LogP contribution in [0.3, 0.4) is 0 Å². The Morgan fingerprint density at radius 3 is 2.35 bits per heavy atom. The number of carbonyl (C=O) groups is 1. The lowest BCUT2D eigenvalue weighted by atomic mass is 10.2. The molecule has 3 N–H and O–H groups in total. The summed E-state index contributed by atoms with van der Waals surface area (Å²) in [7, 11) is -2.68. The van der Waals surface area contributed by atoms with Gasteiger partial charge in [0, 0.05) is 13.6 Å². The van der Waals surface area contributed by atoms with Crippen LogP contribution in [0.25, 0.3) is 0 Å². The third-order valence-electron chi connectivity index (χ3n) is 2.68. The van der Waals surface area contributed by atoms with Gasteiger partial charge in [-0.25, -0.2) is 0 Å². The lowest BCUT2D eigenvalue weighted by molar-refractivity contribution is -0.141. The largest absolute Gasteiger partial charge is 0.480 e. The average Bonchev–Trinajstić information content (AvgIpc) is 2.36.